The first kappa shape index (κ1) is 21.9. The highest BCUT2D eigenvalue weighted by atomic mass is 35.5. The third kappa shape index (κ3) is 4.78. The van der Waals surface area contributed by atoms with E-state index in [9.17, 15) is 9.59 Å². The van der Waals surface area contributed by atoms with E-state index in [0.29, 0.717) is 22.9 Å². The van der Waals surface area contributed by atoms with Gasteiger partial charge >= 0.3 is 11.9 Å². The number of esters is 2. The monoisotopic (exact) mass is 450 g/mol. The Bertz CT molecular complexity index is 1090. The van der Waals surface area contributed by atoms with Crippen molar-refractivity contribution in [3.8, 4) is 5.75 Å². The zero-order valence-corrected chi connectivity index (χ0v) is 18.5. The number of carbonyl (C=O) groups is 2. The molecule has 1 unspecified atom stereocenters. The molecule has 1 aliphatic rings. The van der Waals surface area contributed by atoms with Crippen molar-refractivity contribution in [3.63, 3.8) is 0 Å². The molecule has 32 heavy (non-hydrogen) atoms. The van der Waals surface area contributed by atoms with E-state index in [1.54, 1.807) is 24.3 Å². The van der Waals surface area contributed by atoms with Crippen LogP contribution in [0.3, 0.4) is 0 Å². The number of rotatable bonds is 6. The van der Waals surface area contributed by atoms with Gasteiger partial charge in [0.2, 0.25) is 0 Å². The highest BCUT2D eigenvalue weighted by Crippen LogP contribution is 2.41. The van der Waals surface area contributed by atoms with E-state index in [-0.39, 0.29) is 0 Å². The standard InChI is InChI=1S/C26H23ClO5/c1-26(2)31-24(28)23(25(29)32-26)22(18-12-14-19(27)15-13-18)20-10-6-7-11-21(20)30-16-17-8-4-3-5-9-17/h3-15,22-23H,16H2,1-2H3. The average Bonchev–Trinajstić information content (AvgIpc) is 2.76. The predicted molar refractivity (Wildman–Crippen MR) is 120 cm³/mol. The van der Waals surface area contributed by atoms with Crippen LogP contribution in [-0.4, -0.2) is 17.7 Å². The molecule has 0 amide bonds. The topological polar surface area (TPSA) is 61.8 Å². The van der Waals surface area contributed by atoms with Crippen LogP contribution in [0.2, 0.25) is 5.02 Å². The number of para-hydroxylation sites is 1. The second-order valence-electron chi connectivity index (χ2n) is 8.06. The van der Waals surface area contributed by atoms with Gasteiger partial charge in [-0.1, -0.05) is 72.3 Å². The molecule has 5 nitrogen and oxygen atoms in total. The predicted octanol–water partition coefficient (Wildman–Crippen LogP) is 5.50. The van der Waals surface area contributed by atoms with Crippen LogP contribution in [-0.2, 0) is 25.7 Å². The lowest BCUT2D eigenvalue weighted by Gasteiger charge is -2.36. The lowest BCUT2D eigenvalue weighted by molar-refractivity contribution is -0.240. The number of hydrogen-bond donors (Lipinski definition) is 0. The molecule has 0 N–H and O–H groups in total. The van der Waals surface area contributed by atoms with Crippen molar-refractivity contribution in [2.75, 3.05) is 0 Å². The second-order valence-corrected chi connectivity index (χ2v) is 8.50. The first-order chi connectivity index (χ1) is 15.3. The van der Waals surface area contributed by atoms with Crippen LogP contribution < -0.4 is 4.74 Å². The maximum atomic E-state index is 13.0. The molecule has 1 saturated heterocycles. The first-order valence-electron chi connectivity index (χ1n) is 10.3. The molecule has 1 heterocycles. The molecule has 0 saturated carbocycles. The van der Waals surface area contributed by atoms with Gasteiger partial charge in [-0.3, -0.25) is 9.59 Å². The van der Waals surface area contributed by atoms with Gasteiger partial charge < -0.3 is 14.2 Å². The van der Waals surface area contributed by atoms with E-state index < -0.39 is 29.6 Å². The first-order valence-corrected chi connectivity index (χ1v) is 10.7. The maximum absolute atomic E-state index is 13.0. The summed E-state index contributed by atoms with van der Waals surface area (Å²) in [7, 11) is 0. The fourth-order valence-corrected chi connectivity index (χ4v) is 3.95. The summed E-state index contributed by atoms with van der Waals surface area (Å²) in [5, 5.41) is 0.552. The van der Waals surface area contributed by atoms with E-state index in [1.807, 2.05) is 54.6 Å². The van der Waals surface area contributed by atoms with Crippen molar-refractivity contribution < 1.29 is 23.8 Å². The number of cyclic esters (lactones) is 2. The minimum atomic E-state index is -1.31. The Morgan fingerprint density at radius 1 is 0.875 bits per heavy atom. The van der Waals surface area contributed by atoms with Crippen molar-refractivity contribution in [1.29, 1.82) is 0 Å². The lowest BCUT2D eigenvalue weighted by atomic mass is 9.79. The Kier molecular flexibility index (Phi) is 6.19. The van der Waals surface area contributed by atoms with Crippen molar-refractivity contribution in [2.45, 2.75) is 32.2 Å². The molecule has 3 aromatic rings. The summed E-state index contributed by atoms with van der Waals surface area (Å²) in [6.45, 7) is 3.41. The van der Waals surface area contributed by atoms with Gasteiger partial charge in [-0.25, -0.2) is 0 Å². The smallest absolute Gasteiger partial charge is 0.324 e. The Morgan fingerprint density at radius 3 is 2.12 bits per heavy atom. The molecule has 1 aliphatic heterocycles. The molecule has 0 radical (unpaired) electrons. The van der Waals surface area contributed by atoms with E-state index in [2.05, 4.69) is 0 Å². The summed E-state index contributed by atoms with van der Waals surface area (Å²) in [6, 6.07) is 24.2. The van der Waals surface area contributed by atoms with Gasteiger partial charge in [0.1, 0.15) is 12.4 Å². The summed E-state index contributed by atoms with van der Waals surface area (Å²) in [5.74, 6) is -3.85. The van der Waals surface area contributed by atoms with Crippen molar-refractivity contribution >= 4 is 23.5 Å². The van der Waals surface area contributed by atoms with Crippen LogP contribution in [0.15, 0.2) is 78.9 Å². The SMILES string of the molecule is CC1(C)OC(=O)C(C(c2ccc(Cl)cc2)c2ccccc2OCc2ccccc2)C(=O)O1. The molecule has 3 aromatic carbocycles. The zero-order valence-electron chi connectivity index (χ0n) is 17.8. The Balaban J connectivity index is 1.75. The average molecular weight is 451 g/mol. The van der Waals surface area contributed by atoms with Crippen LogP contribution in [0.1, 0.15) is 36.5 Å². The molecule has 0 aliphatic carbocycles. The normalized spacial score (nSPS) is 16.7. The molecule has 0 aromatic heterocycles. The van der Waals surface area contributed by atoms with Crippen molar-refractivity contribution in [2.24, 2.45) is 5.92 Å². The van der Waals surface area contributed by atoms with Gasteiger partial charge in [0.25, 0.3) is 5.79 Å². The molecule has 164 valence electrons. The second kappa shape index (κ2) is 9.05. The number of hydrogen-bond acceptors (Lipinski definition) is 5. The minimum Gasteiger partial charge on any atom is -0.489 e. The Hall–Kier alpha value is -3.31. The van der Waals surface area contributed by atoms with Gasteiger partial charge in [-0.15, -0.1) is 0 Å². The third-order valence-electron chi connectivity index (χ3n) is 5.25. The van der Waals surface area contributed by atoms with Gasteiger partial charge in [-0.2, -0.15) is 0 Å². The summed E-state index contributed by atoms with van der Waals surface area (Å²) in [5.41, 5.74) is 2.41. The summed E-state index contributed by atoms with van der Waals surface area (Å²) >= 11 is 6.08. The Labute approximate surface area is 191 Å². The molecule has 0 spiro atoms. The molecule has 1 atom stereocenters. The van der Waals surface area contributed by atoms with Crippen LogP contribution >= 0.6 is 11.6 Å². The molecular weight excluding hydrogens is 428 g/mol. The zero-order chi connectivity index (χ0) is 22.7. The van der Waals surface area contributed by atoms with Crippen LogP contribution in [0.25, 0.3) is 0 Å². The third-order valence-corrected chi connectivity index (χ3v) is 5.51. The van der Waals surface area contributed by atoms with E-state index in [1.165, 1.54) is 13.8 Å². The number of halogens is 1. The van der Waals surface area contributed by atoms with Gasteiger partial charge in [-0.05, 0) is 29.3 Å². The van der Waals surface area contributed by atoms with Crippen molar-refractivity contribution in [1.82, 2.24) is 0 Å². The van der Waals surface area contributed by atoms with Gasteiger partial charge in [0, 0.05) is 30.4 Å². The lowest BCUT2D eigenvalue weighted by Crippen LogP contribution is -2.48. The summed E-state index contributed by atoms with van der Waals surface area (Å²) < 4.78 is 17.0. The van der Waals surface area contributed by atoms with Gasteiger partial charge in [0.15, 0.2) is 5.92 Å². The van der Waals surface area contributed by atoms with E-state index in [0.717, 1.165) is 11.1 Å². The summed E-state index contributed by atoms with van der Waals surface area (Å²) in [6.07, 6.45) is 0. The number of ether oxygens (including phenoxy) is 3. The van der Waals surface area contributed by atoms with Crippen LogP contribution in [0.4, 0.5) is 0 Å². The fraction of sp³-hybridized carbons (Fsp3) is 0.231. The largest absolute Gasteiger partial charge is 0.489 e. The quantitative estimate of drug-likeness (QED) is 0.366. The number of benzene rings is 3. The van der Waals surface area contributed by atoms with E-state index in [4.69, 9.17) is 25.8 Å². The Morgan fingerprint density at radius 2 is 1.47 bits per heavy atom. The van der Waals surface area contributed by atoms with Crippen LogP contribution in [0, 0.1) is 5.92 Å². The maximum Gasteiger partial charge on any atom is 0.324 e. The highest BCUT2D eigenvalue weighted by molar-refractivity contribution is 6.30. The van der Waals surface area contributed by atoms with E-state index >= 15 is 0 Å². The van der Waals surface area contributed by atoms with Crippen molar-refractivity contribution in [3.05, 3.63) is 101 Å². The minimum absolute atomic E-state index is 0.345. The molecule has 4 rings (SSSR count). The molecular formula is C26H23ClO5. The van der Waals surface area contributed by atoms with Crippen LogP contribution in [0.5, 0.6) is 5.75 Å². The highest BCUT2D eigenvalue weighted by Gasteiger charge is 2.48. The molecule has 0 bridgehead atoms. The fourth-order valence-electron chi connectivity index (χ4n) is 3.83. The summed E-state index contributed by atoms with van der Waals surface area (Å²) in [4.78, 5) is 26.0. The van der Waals surface area contributed by atoms with Gasteiger partial charge in [0.05, 0.1) is 0 Å². The molecule has 6 heteroatoms. The molecule has 1 fully saturated rings. The number of carbonyl (C=O) groups excluding carboxylic acids is 2.